The van der Waals surface area contributed by atoms with Gasteiger partial charge in [-0.15, -0.1) is 0 Å². The molecule has 3 atom stereocenters. The van der Waals surface area contributed by atoms with Crippen molar-refractivity contribution in [2.75, 3.05) is 18.1 Å². The minimum absolute atomic E-state index is 0.852. The maximum absolute atomic E-state index is 3.66. The van der Waals surface area contributed by atoms with Crippen molar-refractivity contribution in [3.63, 3.8) is 0 Å². The Morgan fingerprint density at radius 1 is 1.36 bits per heavy atom. The van der Waals surface area contributed by atoms with E-state index in [1.165, 1.54) is 30.9 Å². The molecule has 0 bridgehead atoms. The molecule has 2 heterocycles. The summed E-state index contributed by atoms with van der Waals surface area (Å²) >= 11 is 2.15. The zero-order chi connectivity index (χ0) is 7.68. The summed E-state index contributed by atoms with van der Waals surface area (Å²) in [4.78, 5) is 0. The fourth-order valence-electron chi connectivity index (χ4n) is 2.34. The summed E-state index contributed by atoms with van der Waals surface area (Å²) in [5.41, 5.74) is 0. The maximum Gasteiger partial charge on any atom is 0.0137 e. The first-order valence-corrected chi connectivity index (χ1v) is 5.84. The van der Waals surface area contributed by atoms with Gasteiger partial charge in [-0.1, -0.05) is 6.92 Å². The van der Waals surface area contributed by atoms with Crippen LogP contribution in [-0.2, 0) is 0 Å². The molecule has 0 amide bonds. The van der Waals surface area contributed by atoms with E-state index < -0.39 is 0 Å². The predicted octanol–water partition coefficient (Wildman–Crippen LogP) is 1.74. The third-order valence-electron chi connectivity index (χ3n) is 2.97. The van der Waals surface area contributed by atoms with Gasteiger partial charge >= 0.3 is 0 Å². The van der Waals surface area contributed by atoms with Gasteiger partial charge in [0, 0.05) is 6.04 Å². The molecule has 2 saturated heterocycles. The van der Waals surface area contributed by atoms with E-state index in [0.717, 1.165) is 17.9 Å². The van der Waals surface area contributed by atoms with Crippen LogP contribution in [0.4, 0.5) is 0 Å². The Morgan fingerprint density at radius 2 is 2.27 bits per heavy atom. The fraction of sp³-hybridized carbons (Fsp3) is 1.00. The van der Waals surface area contributed by atoms with Crippen molar-refractivity contribution in [2.45, 2.75) is 25.8 Å². The first-order valence-electron chi connectivity index (χ1n) is 4.69. The summed E-state index contributed by atoms with van der Waals surface area (Å²) in [5, 5.41) is 3.66. The lowest BCUT2D eigenvalue weighted by atomic mass is 9.85. The molecule has 0 saturated carbocycles. The largest absolute Gasteiger partial charge is 0.313 e. The van der Waals surface area contributed by atoms with E-state index in [1.54, 1.807) is 0 Å². The summed E-state index contributed by atoms with van der Waals surface area (Å²) in [7, 11) is 0. The van der Waals surface area contributed by atoms with E-state index in [-0.39, 0.29) is 0 Å². The quantitative estimate of drug-likeness (QED) is 0.596. The van der Waals surface area contributed by atoms with Crippen molar-refractivity contribution in [3.8, 4) is 0 Å². The SMILES string of the molecule is CC1CSCC2CCCNC12. The van der Waals surface area contributed by atoms with Gasteiger partial charge in [-0.3, -0.25) is 0 Å². The highest BCUT2D eigenvalue weighted by Gasteiger charge is 2.32. The molecule has 1 N–H and O–H groups in total. The van der Waals surface area contributed by atoms with Gasteiger partial charge in [-0.25, -0.2) is 0 Å². The zero-order valence-corrected chi connectivity index (χ0v) is 7.99. The second-order valence-corrected chi connectivity index (χ2v) is 4.97. The lowest BCUT2D eigenvalue weighted by molar-refractivity contribution is 0.242. The molecule has 0 radical (unpaired) electrons. The van der Waals surface area contributed by atoms with Crippen LogP contribution in [0, 0.1) is 11.8 Å². The summed E-state index contributed by atoms with van der Waals surface area (Å²) in [5.74, 6) is 4.66. The molecule has 2 fully saturated rings. The number of hydrogen-bond donors (Lipinski definition) is 1. The van der Waals surface area contributed by atoms with Gasteiger partial charge in [-0.05, 0) is 42.7 Å². The molecule has 2 rings (SSSR count). The Labute approximate surface area is 73.3 Å². The van der Waals surface area contributed by atoms with Crippen molar-refractivity contribution in [1.29, 1.82) is 0 Å². The molecule has 0 aromatic carbocycles. The van der Waals surface area contributed by atoms with Crippen molar-refractivity contribution in [2.24, 2.45) is 11.8 Å². The van der Waals surface area contributed by atoms with Gasteiger partial charge < -0.3 is 5.32 Å². The van der Waals surface area contributed by atoms with Crippen LogP contribution < -0.4 is 5.32 Å². The van der Waals surface area contributed by atoms with Gasteiger partial charge in [0.1, 0.15) is 0 Å². The molecule has 11 heavy (non-hydrogen) atoms. The molecule has 0 spiro atoms. The lowest BCUT2D eigenvalue weighted by Crippen LogP contribution is -2.49. The van der Waals surface area contributed by atoms with Crippen LogP contribution in [0.1, 0.15) is 19.8 Å². The molecule has 64 valence electrons. The molecular formula is C9H17NS. The average Bonchev–Trinajstić information content (AvgIpc) is 2.06. The number of piperidine rings is 1. The van der Waals surface area contributed by atoms with E-state index in [2.05, 4.69) is 24.0 Å². The molecule has 1 nitrogen and oxygen atoms in total. The number of fused-ring (bicyclic) bond motifs is 1. The summed E-state index contributed by atoms with van der Waals surface area (Å²) in [6, 6.07) is 0.852. The molecule has 2 heteroatoms. The Bertz CT molecular complexity index is 136. The molecule has 2 aliphatic rings. The van der Waals surface area contributed by atoms with Crippen LogP contribution in [0.5, 0.6) is 0 Å². The minimum Gasteiger partial charge on any atom is -0.313 e. The van der Waals surface area contributed by atoms with Crippen LogP contribution in [0.2, 0.25) is 0 Å². The first-order chi connectivity index (χ1) is 5.38. The normalized spacial score (nSPS) is 45.0. The Balaban J connectivity index is 1.99. The molecular weight excluding hydrogens is 154 g/mol. The third kappa shape index (κ3) is 1.57. The third-order valence-corrected chi connectivity index (χ3v) is 4.39. The monoisotopic (exact) mass is 171 g/mol. The smallest absolute Gasteiger partial charge is 0.0137 e. The Morgan fingerprint density at radius 3 is 3.09 bits per heavy atom. The summed E-state index contributed by atoms with van der Waals surface area (Å²) in [6.45, 7) is 3.65. The van der Waals surface area contributed by atoms with Crippen molar-refractivity contribution < 1.29 is 0 Å². The minimum atomic E-state index is 0.852. The van der Waals surface area contributed by atoms with Gasteiger partial charge in [-0.2, -0.15) is 11.8 Å². The van der Waals surface area contributed by atoms with E-state index in [4.69, 9.17) is 0 Å². The van der Waals surface area contributed by atoms with E-state index in [9.17, 15) is 0 Å². The second kappa shape index (κ2) is 3.36. The topological polar surface area (TPSA) is 12.0 Å². The first kappa shape index (κ1) is 7.93. The molecule has 0 aromatic rings. The highest BCUT2D eigenvalue weighted by atomic mass is 32.2. The van der Waals surface area contributed by atoms with Crippen LogP contribution in [0.3, 0.4) is 0 Å². The molecule has 0 aliphatic carbocycles. The highest BCUT2D eigenvalue weighted by Crippen LogP contribution is 2.32. The zero-order valence-electron chi connectivity index (χ0n) is 7.18. The van der Waals surface area contributed by atoms with Crippen LogP contribution in [0.25, 0.3) is 0 Å². The van der Waals surface area contributed by atoms with Gasteiger partial charge in [0.05, 0.1) is 0 Å². The summed E-state index contributed by atoms with van der Waals surface area (Å²) < 4.78 is 0. The highest BCUT2D eigenvalue weighted by molar-refractivity contribution is 7.99. The average molecular weight is 171 g/mol. The fourth-order valence-corrected chi connectivity index (χ4v) is 3.73. The van der Waals surface area contributed by atoms with Gasteiger partial charge in [0.25, 0.3) is 0 Å². The van der Waals surface area contributed by atoms with E-state index >= 15 is 0 Å². The van der Waals surface area contributed by atoms with Crippen LogP contribution in [-0.4, -0.2) is 24.1 Å². The molecule has 3 unspecified atom stereocenters. The molecule has 0 aromatic heterocycles. The molecule has 2 aliphatic heterocycles. The van der Waals surface area contributed by atoms with Crippen LogP contribution in [0.15, 0.2) is 0 Å². The van der Waals surface area contributed by atoms with Crippen molar-refractivity contribution in [1.82, 2.24) is 5.32 Å². The van der Waals surface area contributed by atoms with Gasteiger partial charge in [0.15, 0.2) is 0 Å². The standard InChI is InChI=1S/C9H17NS/c1-7-5-11-6-8-3-2-4-10-9(7)8/h7-10H,2-6H2,1H3. The van der Waals surface area contributed by atoms with Gasteiger partial charge in [0.2, 0.25) is 0 Å². The number of nitrogens with one attached hydrogen (secondary N) is 1. The number of rotatable bonds is 0. The number of thioether (sulfide) groups is 1. The van der Waals surface area contributed by atoms with E-state index in [1.807, 2.05) is 0 Å². The summed E-state index contributed by atoms with van der Waals surface area (Å²) in [6.07, 6.45) is 2.86. The second-order valence-electron chi connectivity index (χ2n) is 3.90. The Kier molecular flexibility index (Phi) is 2.42. The number of hydrogen-bond acceptors (Lipinski definition) is 2. The predicted molar refractivity (Wildman–Crippen MR) is 51.0 cm³/mol. The van der Waals surface area contributed by atoms with Crippen molar-refractivity contribution in [3.05, 3.63) is 0 Å². The van der Waals surface area contributed by atoms with Crippen LogP contribution >= 0.6 is 11.8 Å². The van der Waals surface area contributed by atoms with Crippen molar-refractivity contribution >= 4 is 11.8 Å². The lowest BCUT2D eigenvalue weighted by Gasteiger charge is -2.40. The Hall–Kier alpha value is 0.310. The van der Waals surface area contributed by atoms with E-state index in [0.29, 0.717) is 0 Å². The maximum atomic E-state index is 3.66.